The summed E-state index contributed by atoms with van der Waals surface area (Å²) in [5.41, 5.74) is 3.07. The molecule has 0 unspecified atom stereocenters. The van der Waals surface area contributed by atoms with E-state index in [2.05, 4.69) is 19.9 Å². The molecule has 0 aliphatic carbocycles. The summed E-state index contributed by atoms with van der Waals surface area (Å²) in [4.78, 5) is 27.1. The van der Waals surface area contributed by atoms with Gasteiger partial charge in [0.1, 0.15) is 22.7 Å². The van der Waals surface area contributed by atoms with Gasteiger partial charge in [0.2, 0.25) is 17.7 Å². The number of nitrogens with zero attached hydrogens (tertiary/aromatic N) is 6. The Balaban J connectivity index is 1.33. The fraction of sp³-hybridized carbons (Fsp3) is 0.113. The molecule has 0 aliphatic rings. The molecule has 1 N–H and O–H groups in total. The van der Waals surface area contributed by atoms with Gasteiger partial charge in [-0.3, -0.25) is 4.79 Å². The molecule has 398 valence electrons. The van der Waals surface area contributed by atoms with Crippen molar-refractivity contribution in [3.05, 3.63) is 239 Å². The van der Waals surface area contributed by atoms with Gasteiger partial charge in [-0.15, -0.1) is 0 Å². The number of amides is 1. The van der Waals surface area contributed by atoms with Crippen LogP contribution < -0.4 is 37.3 Å². The molecule has 0 saturated heterocycles. The van der Waals surface area contributed by atoms with Gasteiger partial charge in [0.25, 0.3) is 5.70 Å². The smallest absolute Gasteiger partial charge is 0.447 e. The molecule has 11 rings (SSSR count). The van der Waals surface area contributed by atoms with Crippen molar-refractivity contribution in [2.75, 3.05) is 11.5 Å². The van der Waals surface area contributed by atoms with Crippen molar-refractivity contribution in [3.63, 3.8) is 0 Å². The van der Waals surface area contributed by atoms with E-state index < -0.39 is 41.6 Å². The lowest BCUT2D eigenvalue weighted by atomic mass is 9.50. The standard InChI is InChI=1S/C62H46B2F3N7O5S2/c1-41-22-15-16-31-46(41)57-55-54(58(47(40-68)60-70-48-32-17-19-35-51(48)78-60)74(57)64(44-27-11-5-12-28-44)45-29-13-6-14-30-45)50(34-21-38-80-39-37-53(75)72-81(76,77)62(65,66)67)73(63(42-23-7-3-8-24-42)43-25-9-4-10-26-43)59(55)56(69-2)61-71-49-33-18-20-36-52(49)79-61/h3-20,22-33,35-36H,21,34,37-39H2,1H3,(H,72,75)/b58-47-,59-56+. The van der Waals surface area contributed by atoms with Crippen LogP contribution in [0.5, 0.6) is 0 Å². The summed E-state index contributed by atoms with van der Waals surface area (Å²) in [6, 6.07) is 65.0. The lowest BCUT2D eigenvalue weighted by Crippen LogP contribution is -2.54. The third-order valence-electron chi connectivity index (χ3n) is 14.1. The van der Waals surface area contributed by atoms with E-state index >= 15 is 0 Å². The minimum Gasteiger partial charge on any atom is -0.447 e. The van der Waals surface area contributed by atoms with Crippen LogP contribution >= 0.6 is 11.8 Å². The summed E-state index contributed by atoms with van der Waals surface area (Å²) in [5, 5.41) is 14.2. The second kappa shape index (κ2) is 22.8. The zero-order chi connectivity index (χ0) is 56.3. The Hall–Kier alpha value is -9.29. The van der Waals surface area contributed by atoms with Gasteiger partial charge in [0.05, 0.1) is 17.3 Å². The van der Waals surface area contributed by atoms with E-state index in [-0.39, 0.29) is 35.2 Å². The van der Waals surface area contributed by atoms with E-state index in [4.69, 9.17) is 18.8 Å². The molecule has 12 nitrogen and oxygen atoms in total. The number of para-hydroxylation sites is 4. The minimum atomic E-state index is -5.89. The summed E-state index contributed by atoms with van der Waals surface area (Å²) in [5.74, 6) is -0.798. The van der Waals surface area contributed by atoms with Crippen LogP contribution in [0, 0.1) is 24.8 Å². The van der Waals surface area contributed by atoms with E-state index in [1.54, 1.807) is 12.1 Å². The number of rotatable bonds is 17. The number of nitriles is 1. The van der Waals surface area contributed by atoms with Crippen molar-refractivity contribution in [3.8, 4) is 17.3 Å². The number of fused-ring (bicyclic) bond motifs is 3. The maximum Gasteiger partial charge on any atom is 0.516 e. The Morgan fingerprint density at radius 2 is 1.15 bits per heavy atom. The third-order valence-corrected chi connectivity index (χ3v) is 16.2. The van der Waals surface area contributed by atoms with E-state index in [0.29, 0.717) is 67.2 Å². The van der Waals surface area contributed by atoms with E-state index in [9.17, 15) is 38.2 Å². The maximum atomic E-state index is 13.2. The number of carbonyl (C=O) groups is 1. The van der Waals surface area contributed by atoms with Gasteiger partial charge in [-0.05, 0) is 55.3 Å². The quantitative estimate of drug-likeness (QED) is 0.0536. The van der Waals surface area contributed by atoms with E-state index in [1.807, 2.05) is 189 Å². The maximum absolute atomic E-state index is 13.2. The van der Waals surface area contributed by atoms with Gasteiger partial charge >= 0.3 is 29.2 Å². The number of thioether (sulfide) groups is 1. The van der Waals surface area contributed by atoms with Crippen LogP contribution in [0.1, 0.15) is 35.9 Å². The van der Waals surface area contributed by atoms with Crippen molar-refractivity contribution >= 4 is 107 Å². The van der Waals surface area contributed by atoms with Crippen LogP contribution in [-0.2, 0) is 21.2 Å². The average molecular weight is 1110 g/mol. The Labute approximate surface area is 469 Å². The van der Waals surface area contributed by atoms with Crippen LogP contribution in [0.4, 0.5) is 13.2 Å². The first kappa shape index (κ1) is 53.7. The number of sulfonamides is 1. The van der Waals surface area contributed by atoms with Crippen molar-refractivity contribution in [1.82, 2.24) is 23.6 Å². The SMILES string of the molecule is [C-]#[N+]/C(c1nc2ccccc2o1)=c1\c2c(-c3ccccc3C)n(B(c3ccccc3)c3ccccc3)/c(=C(/C#N)c3nc4ccccc4o3)c2c(CCCSCCC(=O)NS(=O)(=O)C(F)(F)F)n1B(c1ccccc1)c1ccccc1. The summed E-state index contributed by atoms with van der Waals surface area (Å²) in [6.45, 7) is 10.1. The molecule has 4 aromatic heterocycles. The normalized spacial score (nSPS) is 12.5. The van der Waals surface area contributed by atoms with Crippen LogP contribution in [0.25, 0.3) is 60.3 Å². The number of halogens is 3. The summed E-state index contributed by atoms with van der Waals surface area (Å²) in [7, 11) is -5.89. The topological polar surface area (TPSA) is 153 Å². The molecule has 0 saturated carbocycles. The first-order chi connectivity index (χ1) is 39.4. The monoisotopic (exact) mass is 1110 g/mol. The molecule has 1 amide bonds. The molecule has 19 heteroatoms. The van der Waals surface area contributed by atoms with Crippen molar-refractivity contribution in [2.45, 2.75) is 31.7 Å². The Kier molecular flexibility index (Phi) is 15.1. The molecule has 4 heterocycles. The van der Waals surface area contributed by atoms with Crippen LogP contribution in [-0.4, -0.2) is 64.0 Å². The predicted molar refractivity (Wildman–Crippen MR) is 315 cm³/mol. The third kappa shape index (κ3) is 10.5. The predicted octanol–water partition coefficient (Wildman–Crippen LogP) is 8.83. The molecule has 0 bridgehead atoms. The zero-order valence-electron chi connectivity index (χ0n) is 43.3. The lowest BCUT2D eigenvalue weighted by Gasteiger charge is -2.24. The minimum absolute atomic E-state index is 0.00385. The highest BCUT2D eigenvalue weighted by Crippen LogP contribution is 2.35. The molecule has 11 aromatic rings. The average Bonchev–Trinajstić information content (AvgIpc) is 2.69. The first-order valence-corrected chi connectivity index (χ1v) is 28.5. The highest BCUT2D eigenvalue weighted by atomic mass is 32.2. The van der Waals surface area contributed by atoms with E-state index in [1.165, 1.54) is 11.8 Å². The summed E-state index contributed by atoms with van der Waals surface area (Å²) < 4.78 is 82.0. The highest BCUT2D eigenvalue weighted by molar-refractivity contribution is 7.99. The van der Waals surface area contributed by atoms with Crippen molar-refractivity contribution < 1.29 is 35.2 Å². The number of oxazole rings is 2. The molecule has 81 heavy (non-hydrogen) atoms. The fourth-order valence-electron chi connectivity index (χ4n) is 10.6. The number of nitrogens with one attached hydrogen (secondary N) is 1. The molecule has 0 spiro atoms. The highest BCUT2D eigenvalue weighted by Gasteiger charge is 2.47. The second-order valence-electron chi connectivity index (χ2n) is 19.1. The molecule has 0 radical (unpaired) electrons. The molecule has 0 fully saturated rings. The number of alkyl halides is 3. The van der Waals surface area contributed by atoms with Crippen LogP contribution in [0.2, 0.25) is 0 Å². The Morgan fingerprint density at radius 1 is 0.667 bits per heavy atom. The molecule has 7 aromatic carbocycles. The number of carbonyl (C=O) groups excluding carboxylic acids is 1. The molecule has 0 aliphatic heterocycles. The molecular weight excluding hydrogens is 1070 g/mol. The molecular formula is C62H46B2F3N7O5S2. The number of benzene rings is 7. The zero-order valence-corrected chi connectivity index (χ0v) is 45.0. The van der Waals surface area contributed by atoms with Gasteiger partial charge in [-0.2, -0.15) is 38.6 Å². The van der Waals surface area contributed by atoms with Crippen LogP contribution in [0.15, 0.2) is 203 Å². The van der Waals surface area contributed by atoms with Gasteiger partial charge in [0.15, 0.2) is 11.2 Å². The lowest BCUT2D eigenvalue weighted by molar-refractivity contribution is -0.119. The largest absolute Gasteiger partial charge is 0.516 e. The number of hydrogen-bond donors (Lipinski definition) is 1. The summed E-state index contributed by atoms with van der Waals surface area (Å²) >= 11 is 1.27. The second-order valence-corrected chi connectivity index (χ2v) is 22.0. The number of aromatic nitrogens is 4. The van der Waals surface area contributed by atoms with E-state index in [0.717, 1.165) is 37.7 Å². The molecule has 0 atom stereocenters. The van der Waals surface area contributed by atoms with Gasteiger partial charge in [-0.1, -0.05) is 192 Å². The Bertz CT molecular complexity index is 4240. The fourth-order valence-corrected chi connectivity index (χ4v) is 12.0. The van der Waals surface area contributed by atoms with Crippen molar-refractivity contribution in [2.24, 2.45) is 0 Å². The number of hydrogen-bond acceptors (Lipinski definition) is 9. The van der Waals surface area contributed by atoms with Gasteiger partial charge < -0.3 is 17.8 Å². The van der Waals surface area contributed by atoms with Gasteiger partial charge in [0, 0.05) is 39.9 Å². The summed E-state index contributed by atoms with van der Waals surface area (Å²) in [6.07, 6.45) is 0.139. The first-order valence-electron chi connectivity index (χ1n) is 25.9. The van der Waals surface area contributed by atoms with Crippen LogP contribution in [0.3, 0.4) is 0 Å². The van der Waals surface area contributed by atoms with Crippen molar-refractivity contribution in [1.29, 1.82) is 5.26 Å². The number of aryl methyl sites for hydroxylation is 2. The van der Waals surface area contributed by atoms with Gasteiger partial charge in [-0.25, -0.2) is 19.5 Å². The Morgan fingerprint density at radius 3 is 1.65 bits per heavy atom.